The quantitative estimate of drug-likeness (QED) is 0.285. The van der Waals surface area contributed by atoms with Gasteiger partial charge in [-0.15, -0.1) is 20.2 Å². The lowest BCUT2D eigenvalue weighted by Crippen LogP contribution is -2.64. The van der Waals surface area contributed by atoms with Crippen LogP contribution in [0.5, 0.6) is 0 Å². The zero-order valence-electron chi connectivity index (χ0n) is 20.5. The molecular weight excluding hydrogens is 476 g/mol. The van der Waals surface area contributed by atoms with Crippen LogP contribution in [0.1, 0.15) is 59.3 Å². The molecule has 0 spiro atoms. The largest absolute Gasteiger partial charge is 0.458 e. The van der Waals surface area contributed by atoms with Crippen LogP contribution in [0.25, 0.3) is 0 Å². The highest BCUT2D eigenvalue weighted by Gasteiger charge is 2.71. The number of hydrogen-bond donors (Lipinski definition) is 0. The van der Waals surface area contributed by atoms with Gasteiger partial charge in [-0.05, 0) is 66.9 Å². The number of allylic oxidation sites excluding steroid dienone is 2. The number of ketones is 2. The summed E-state index contributed by atoms with van der Waals surface area (Å²) in [4.78, 5) is 70.6. The molecule has 0 aliphatic heterocycles. The van der Waals surface area contributed by atoms with Crippen molar-refractivity contribution in [3.8, 4) is 0 Å². The van der Waals surface area contributed by atoms with E-state index in [2.05, 4.69) is 6.58 Å². The predicted octanol–water partition coefficient (Wildman–Crippen LogP) is 2.95. The fraction of sp³-hybridized carbons (Fsp3) is 0.708. The van der Waals surface area contributed by atoms with Crippen molar-refractivity contribution < 1.29 is 39.0 Å². The van der Waals surface area contributed by atoms with Crippen LogP contribution in [0.4, 0.5) is 0 Å². The van der Waals surface area contributed by atoms with Crippen LogP contribution >= 0.6 is 0 Å². The number of nitrogens with zero attached hydrogens (tertiary/aromatic N) is 2. The van der Waals surface area contributed by atoms with Crippen LogP contribution in [-0.2, 0) is 28.8 Å². The van der Waals surface area contributed by atoms with E-state index in [0.717, 1.165) is 18.1 Å². The fourth-order valence-corrected chi connectivity index (χ4v) is 7.93. The molecule has 4 rings (SSSR count). The van der Waals surface area contributed by atoms with Crippen LogP contribution in [-0.4, -0.2) is 46.0 Å². The van der Waals surface area contributed by atoms with E-state index in [1.54, 1.807) is 13.0 Å². The van der Waals surface area contributed by atoms with Gasteiger partial charge in [0.15, 0.2) is 18.0 Å². The van der Waals surface area contributed by atoms with E-state index >= 15 is 0 Å². The van der Waals surface area contributed by atoms with Crippen molar-refractivity contribution in [2.24, 2.45) is 28.6 Å². The number of Topliss-reactive ketones (excluding diaryl/α,β-unsaturated/α-hetero) is 1. The Bertz CT molecular complexity index is 1080. The van der Waals surface area contributed by atoms with Gasteiger partial charge in [-0.1, -0.05) is 26.0 Å². The number of carbonyl (C=O) groups excluding carboxylic acids is 3. The molecule has 4 aliphatic rings. The summed E-state index contributed by atoms with van der Waals surface area (Å²) in [6, 6.07) is 0. The molecule has 0 amide bonds. The lowest BCUT2D eigenvalue weighted by atomic mass is 9.44. The monoisotopic (exact) mass is 506 g/mol. The van der Waals surface area contributed by atoms with Crippen molar-refractivity contribution in [1.82, 2.24) is 0 Å². The maximum atomic E-state index is 13.4. The summed E-state index contributed by atoms with van der Waals surface area (Å²) >= 11 is 0. The smallest absolute Gasteiger partial charge is 0.303 e. The minimum Gasteiger partial charge on any atom is -0.458 e. The van der Waals surface area contributed by atoms with Gasteiger partial charge in [-0.25, -0.2) is 0 Å². The van der Waals surface area contributed by atoms with Crippen molar-refractivity contribution in [2.45, 2.75) is 71.0 Å². The van der Waals surface area contributed by atoms with Gasteiger partial charge in [-0.2, -0.15) is 0 Å². The second-order valence-electron chi connectivity index (χ2n) is 10.9. The van der Waals surface area contributed by atoms with Gasteiger partial charge < -0.3 is 9.57 Å². The molecule has 0 N–H and O–H groups in total. The number of esters is 1. The minimum atomic E-state index is -1.96. The van der Waals surface area contributed by atoms with Crippen molar-refractivity contribution in [3.63, 3.8) is 0 Å². The fourth-order valence-electron chi connectivity index (χ4n) is 7.93. The summed E-state index contributed by atoms with van der Waals surface area (Å²) in [6.07, 6.45) is 2.08. The second-order valence-corrected chi connectivity index (χ2v) is 10.9. The predicted molar refractivity (Wildman–Crippen MR) is 121 cm³/mol. The van der Waals surface area contributed by atoms with Gasteiger partial charge in [0.2, 0.25) is 5.78 Å². The molecule has 0 radical (unpaired) electrons. The highest BCUT2D eigenvalue weighted by molar-refractivity contribution is 5.93. The summed E-state index contributed by atoms with van der Waals surface area (Å²) < 4.78 is 4.88. The molecule has 7 atom stereocenters. The molecule has 3 saturated carbocycles. The number of ether oxygens (including phenoxy) is 1. The first-order chi connectivity index (χ1) is 16.7. The molecule has 0 aromatic rings. The topological polar surface area (TPSA) is 165 Å². The molecular formula is C24H30N2O10. The minimum absolute atomic E-state index is 0.00593. The Kier molecular flexibility index (Phi) is 6.20. The van der Waals surface area contributed by atoms with Crippen LogP contribution in [0, 0.1) is 48.8 Å². The molecule has 0 saturated heterocycles. The van der Waals surface area contributed by atoms with Gasteiger partial charge in [0.05, 0.1) is 0 Å². The normalized spacial score (nSPS) is 39.1. The Labute approximate surface area is 207 Å². The third-order valence-electron chi connectivity index (χ3n) is 9.27. The molecule has 4 aliphatic carbocycles. The second kappa shape index (κ2) is 8.67. The Hall–Kier alpha value is -3.31. The van der Waals surface area contributed by atoms with Crippen LogP contribution < -0.4 is 0 Å². The Balaban J connectivity index is 1.83. The molecule has 0 aromatic heterocycles. The van der Waals surface area contributed by atoms with Crippen LogP contribution in [0.15, 0.2) is 23.8 Å². The zero-order chi connectivity index (χ0) is 26.6. The number of hydrogen-bond acceptors (Lipinski definition) is 10. The molecule has 0 heterocycles. The summed E-state index contributed by atoms with van der Waals surface area (Å²) in [7, 11) is 0. The molecule has 12 heteroatoms. The number of carbonyl (C=O) groups is 3. The average molecular weight is 507 g/mol. The summed E-state index contributed by atoms with van der Waals surface area (Å²) in [5.41, 5.74) is -2.28. The molecule has 12 nitrogen and oxygen atoms in total. The summed E-state index contributed by atoms with van der Waals surface area (Å²) in [6.45, 7) is 8.25. The Morgan fingerprint density at radius 2 is 1.89 bits per heavy atom. The van der Waals surface area contributed by atoms with Gasteiger partial charge in [0.1, 0.15) is 6.10 Å². The van der Waals surface area contributed by atoms with E-state index in [1.807, 2.05) is 6.92 Å². The third kappa shape index (κ3) is 3.77. The molecule has 0 aromatic carbocycles. The average Bonchev–Trinajstić information content (AvgIpc) is 3.05. The van der Waals surface area contributed by atoms with Crippen LogP contribution in [0.2, 0.25) is 0 Å². The maximum Gasteiger partial charge on any atom is 0.303 e. The van der Waals surface area contributed by atoms with E-state index in [9.17, 15) is 34.6 Å². The van der Waals surface area contributed by atoms with E-state index in [4.69, 9.17) is 14.4 Å². The first-order valence-corrected chi connectivity index (χ1v) is 12.0. The summed E-state index contributed by atoms with van der Waals surface area (Å²) in [5, 5.41) is 21.3. The highest BCUT2D eigenvalue weighted by Crippen LogP contribution is 2.69. The molecule has 196 valence electrons. The molecule has 3 fully saturated rings. The van der Waals surface area contributed by atoms with Gasteiger partial charge in [0.25, 0.3) is 10.2 Å². The molecule has 1 unspecified atom stereocenters. The number of rotatable bonds is 7. The standard InChI is InChI=1S/C24H30N2O10/c1-13-9-16-17-6-8-24(36-26(32)33,20(29)12-34-14(2)27)23(17,4)11-19(35-25(30)31)21(16)22(3)7-5-15(28)10-18(13)22/h10,16-17,19,21H,1,5-9,11-12H2,2-4H3/t16-,17-,19?,21+,22-,23-,24-/m0/s1. The van der Waals surface area contributed by atoms with Crippen molar-refractivity contribution in [1.29, 1.82) is 0 Å². The number of fused-ring (bicyclic) bond motifs is 5. The third-order valence-corrected chi connectivity index (χ3v) is 9.27. The molecule has 0 bridgehead atoms. The van der Waals surface area contributed by atoms with E-state index in [1.165, 1.54) is 0 Å². The highest BCUT2D eigenvalue weighted by atomic mass is 17.0. The zero-order valence-corrected chi connectivity index (χ0v) is 20.5. The maximum absolute atomic E-state index is 13.4. The Morgan fingerprint density at radius 1 is 1.19 bits per heavy atom. The Morgan fingerprint density at radius 3 is 2.50 bits per heavy atom. The van der Waals surface area contributed by atoms with E-state index in [-0.39, 0.29) is 36.4 Å². The van der Waals surface area contributed by atoms with Crippen molar-refractivity contribution >= 4 is 17.5 Å². The molecule has 36 heavy (non-hydrogen) atoms. The van der Waals surface area contributed by atoms with Crippen molar-refractivity contribution in [3.05, 3.63) is 44.0 Å². The first kappa shape index (κ1) is 25.8. The first-order valence-electron chi connectivity index (χ1n) is 12.0. The lowest BCUT2D eigenvalue weighted by Gasteiger charge is -2.61. The van der Waals surface area contributed by atoms with Crippen molar-refractivity contribution in [2.75, 3.05) is 6.61 Å². The van der Waals surface area contributed by atoms with Gasteiger partial charge >= 0.3 is 5.97 Å². The lowest BCUT2D eigenvalue weighted by molar-refractivity contribution is -0.784. The van der Waals surface area contributed by atoms with E-state index in [0.29, 0.717) is 25.7 Å². The van der Waals surface area contributed by atoms with Gasteiger partial charge in [-0.3, -0.25) is 19.2 Å². The van der Waals surface area contributed by atoms with Crippen LogP contribution in [0.3, 0.4) is 0 Å². The SMILES string of the molecule is C=C1C[C@@H]2[C@H](C(O[N+](=O)[O-])C[C@@]3(C)[C@H]2CC[C@]3(O[N+](=O)[O-])C(=O)COC(C)=O)[C@@]2(C)CCC(=O)C=C12. The summed E-state index contributed by atoms with van der Waals surface area (Å²) in [5.74, 6) is -2.42. The van der Waals surface area contributed by atoms with E-state index < -0.39 is 51.1 Å². The van der Waals surface area contributed by atoms with Gasteiger partial charge in [0, 0.05) is 18.8 Å².